The maximum absolute atomic E-state index is 12.0. The third-order valence-electron chi connectivity index (χ3n) is 10.4. The first kappa shape index (κ1) is 47.9. The number of rotatable bonds is 41. The molecule has 0 saturated carbocycles. The number of hydrogen-bond acceptors (Lipinski definition) is 4. The molecule has 1 unspecified atom stereocenters. The van der Waals surface area contributed by atoms with Gasteiger partial charge in [-0.15, -0.1) is 0 Å². The Morgan fingerprint density at radius 2 is 0.592 bits per heavy atom. The summed E-state index contributed by atoms with van der Waals surface area (Å²) in [6.45, 7) is 8.18. The highest BCUT2D eigenvalue weighted by Gasteiger charge is 2.05. The molecule has 0 aromatic rings. The number of ether oxygens (including phenoxy) is 2. The van der Waals surface area contributed by atoms with E-state index in [4.69, 9.17) is 9.47 Å². The van der Waals surface area contributed by atoms with Crippen LogP contribution in [-0.2, 0) is 19.1 Å². The summed E-state index contributed by atoms with van der Waals surface area (Å²) < 4.78 is 10.9. The molecule has 0 aromatic heterocycles. The first-order valence-corrected chi connectivity index (χ1v) is 22.4. The van der Waals surface area contributed by atoms with E-state index in [2.05, 4.69) is 20.8 Å². The van der Waals surface area contributed by atoms with Gasteiger partial charge in [0.2, 0.25) is 0 Å². The van der Waals surface area contributed by atoms with Gasteiger partial charge in [-0.1, -0.05) is 220 Å². The Bertz CT molecular complexity index is 662. The monoisotopic (exact) mass is 693 g/mol. The SMILES string of the molecule is CCCCCCCCCCCCCC(=O)OCCCCCCCCC(C)CCCCCCCOC(=O)CCCCCCCCCCCCC. The van der Waals surface area contributed by atoms with Crippen LogP contribution in [0.4, 0.5) is 0 Å². The zero-order chi connectivity index (χ0) is 35.7. The van der Waals surface area contributed by atoms with E-state index < -0.39 is 0 Å². The first-order valence-electron chi connectivity index (χ1n) is 22.4. The largest absolute Gasteiger partial charge is 0.466 e. The van der Waals surface area contributed by atoms with Gasteiger partial charge in [0.1, 0.15) is 0 Å². The normalized spacial score (nSPS) is 12.0. The highest BCUT2D eigenvalue weighted by atomic mass is 16.5. The Balaban J connectivity index is 3.30. The van der Waals surface area contributed by atoms with Crippen molar-refractivity contribution in [3.8, 4) is 0 Å². The van der Waals surface area contributed by atoms with E-state index in [1.807, 2.05) is 0 Å². The molecule has 0 fully saturated rings. The molecular weight excluding hydrogens is 604 g/mol. The molecule has 0 aliphatic carbocycles. The number of carbonyl (C=O) groups is 2. The predicted molar refractivity (Wildman–Crippen MR) is 213 cm³/mol. The molecule has 4 nitrogen and oxygen atoms in total. The van der Waals surface area contributed by atoms with Crippen LogP contribution in [0.3, 0.4) is 0 Å². The first-order chi connectivity index (χ1) is 24.1. The van der Waals surface area contributed by atoms with Gasteiger partial charge in [0.05, 0.1) is 13.2 Å². The third kappa shape index (κ3) is 41.2. The van der Waals surface area contributed by atoms with Crippen LogP contribution in [0.15, 0.2) is 0 Å². The molecule has 0 saturated heterocycles. The molecule has 4 heteroatoms. The molecule has 0 aromatic carbocycles. The Morgan fingerprint density at radius 3 is 0.898 bits per heavy atom. The topological polar surface area (TPSA) is 52.6 Å². The molecule has 0 rings (SSSR count). The highest BCUT2D eigenvalue weighted by Crippen LogP contribution is 2.19. The van der Waals surface area contributed by atoms with Gasteiger partial charge < -0.3 is 9.47 Å². The van der Waals surface area contributed by atoms with Crippen molar-refractivity contribution in [3.63, 3.8) is 0 Å². The molecule has 0 bridgehead atoms. The summed E-state index contributed by atoms with van der Waals surface area (Å²) in [5.41, 5.74) is 0. The van der Waals surface area contributed by atoms with Crippen LogP contribution in [0.1, 0.15) is 258 Å². The van der Waals surface area contributed by atoms with Crippen LogP contribution >= 0.6 is 0 Å². The smallest absolute Gasteiger partial charge is 0.305 e. The van der Waals surface area contributed by atoms with Crippen molar-refractivity contribution in [3.05, 3.63) is 0 Å². The van der Waals surface area contributed by atoms with Crippen molar-refractivity contribution in [2.45, 2.75) is 258 Å². The molecule has 0 heterocycles. The fourth-order valence-corrected chi connectivity index (χ4v) is 6.95. The van der Waals surface area contributed by atoms with Gasteiger partial charge in [0, 0.05) is 12.8 Å². The van der Waals surface area contributed by atoms with Gasteiger partial charge in [0.25, 0.3) is 0 Å². The van der Waals surface area contributed by atoms with E-state index in [-0.39, 0.29) is 11.9 Å². The summed E-state index contributed by atoms with van der Waals surface area (Å²) in [7, 11) is 0. The predicted octanol–water partition coefficient (Wildman–Crippen LogP) is 15.2. The van der Waals surface area contributed by atoms with E-state index >= 15 is 0 Å². The van der Waals surface area contributed by atoms with E-state index in [0.717, 1.165) is 31.6 Å². The summed E-state index contributed by atoms with van der Waals surface area (Å²) in [5.74, 6) is 0.849. The van der Waals surface area contributed by atoms with Crippen LogP contribution in [0, 0.1) is 5.92 Å². The summed E-state index contributed by atoms with van der Waals surface area (Å²) in [6, 6.07) is 0. The quantitative estimate of drug-likeness (QED) is 0.0473. The summed E-state index contributed by atoms with van der Waals surface area (Å²) in [4.78, 5) is 23.9. The fourth-order valence-electron chi connectivity index (χ4n) is 6.95. The van der Waals surface area contributed by atoms with E-state index in [1.54, 1.807) is 0 Å². The molecule has 1 atom stereocenters. The molecule has 0 spiro atoms. The average molecular weight is 693 g/mol. The Labute approximate surface area is 307 Å². The summed E-state index contributed by atoms with van der Waals surface area (Å²) in [6.07, 6.45) is 46.3. The minimum Gasteiger partial charge on any atom is -0.466 e. The lowest BCUT2D eigenvalue weighted by Crippen LogP contribution is -2.05. The summed E-state index contributed by atoms with van der Waals surface area (Å²) in [5, 5.41) is 0. The molecule has 0 amide bonds. The van der Waals surface area contributed by atoms with Gasteiger partial charge >= 0.3 is 11.9 Å². The Morgan fingerprint density at radius 1 is 0.347 bits per heavy atom. The van der Waals surface area contributed by atoms with Gasteiger partial charge in [-0.2, -0.15) is 0 Å². The average Bonchev–Trinajstić information content (AvgIpc) is 3.09. The zero-order valence-electron chi connectivity index (χ0n) is 33.8. The molecule has 49 heavy (non-hydrogen) atoms. The van der Waals surface area contributed by atoms with Gasteiger partial charge in [-0.25, -0.2) is 0 Å². The van der Waals surface area contributed by atoms with Crippen LogP contribution in [0.25, 0.3) is 0 Å². The van der Waals surface area contributed by atoms with Crippen molar-refractivity contribution in [2.75, 3.05) is 13.2 Å². The molecule has 0 aliphatic rings. The van der Waals surface area contributed by atoms with Crippen LogP contribution in [-0.4, -0.2) is 25.2 Å². The van der Waals surface area contributed by atoms with Crippen molar-refractivity contribution < 1.29 is 19.1 Å². The number of hydrogen-bond donors (Lipinski definition) is 0. The van der Waals surface area contributed by atoms with Crippen LogP contribution in [0.2, 0.25) is 0 Å². The Hall–Kier alpha value is -1.06. The van der Waals surface area contributed by atoms with Crippen LogP contribution < -0.4 is 0 Å². The molecule has 0 N–H and O–H groups in total. The molecule has 0 radical (unpaired) electrons. The molecular formula is C45H88O4. The summed E-state index contributed by atoms with van der Waals surface area (Å²) >= 11 is 0. The maximum Gasteiger partial charge on any atom is 0.305 e. The van der Waals surface area contributed by atoms with Crippen molar-refractivity contribution >= 4 is 11.9 Å². The van der Waals surface area contributed by atoms with Crippen molar-refractivity contribution in [1.82, 2.24) is 0 Å². The second kappa shape index (κ2) is 41.4. The second-order valence-corrected chi connectivity index (χ2v) is 15.6. The van der Waals surface area contributed by atoms with Gasteiger partial charge in [0.15, 0.2) is 0 Å². The zero-order valence-corrected chi connectivity index (χ0v) is 33.8. The van der Waals surface area contributed by atoms with Gasteiger partial charge in [-0.05, 0) is 31.6 Å². The van der Waals surface area contributed by atoms with Crippen molar-refractivity contribution in [1.29, 1.82) is 0 Å². The molecule has 0 aliphatic heterocycles. The number of carbonyl (C=O) groups excluding carboxylic acids is 2. The third-order valence-corrected chi connectivity index (χ3v) is 10.4. The number of unbranched alkanes of at least 4 members (excludes halogenated alkanes) is 29. The maximum atomic E-state index is 12.0. The van der Waals surface area contributed by atoms with E-state index in [9.17, 15) is 9.59 Å². The minimum absolute atomic E-state index is 0.00970. The lowest BCUT2D eigenvalue weighted by Gasteiger charge is -2.11. The second-order valence-electron chi connectivity index (χ2n) is 15.6. The van der Waals surface area contributed by atoms with Crippen LogP contribution in [0.5, 0.6) is 0 Å². The van der Waals surface area contributed by atoms with E-state index in [0.29, 0.717) is 26.1 Å². The fraction of sp³-hybridized carbons (Fsp3) is 0.956. The molecule has 292 valence electrons. The van der Waals surface area contributed by atoms with E-state index in [1.165, 1.54) is 199 Å². The Kier molecular flexibility index (Phi) is 40.5. The standard InChI is InChI=1S/C45H88O4/c1-4-6-8-10-12-14-16-18-20-27-33-39-44(46)48-41-35-29-23-22-25-31-37-43(3)38-32-26-24-30-36-42-49-45(47)40-34-28-21-19-17-15-13-11-9-7-5-2/h43H,4-42H2,1-3H3. The highest BCUT2D eigenvalue weighted by molar-refractivity contribution is 5.69. The van der Waals surface area contributed by atoms with Crippen molar-refractivity contribution in [2.24, 2.45) is 5.92 Å². The lowest BCUT2D eigenvalue weighted by atomic mass is 9.96. The van der Waals surface area contributed by atoms with Gasteiger partial charge in [-0.3, -0.25) is 9.59 Å². The lowest BCUT2D eigenvalue weighted by molar-refractivity contribution is -0.144. The minimum atomic E-state index is 0.00970. The number of esters is 2.